The Morgan fingerprint density at radius 3 is 2.56 bits per heavy atom. The van der Waals surface area contributed by atoms with Gasteiger partial charge in [0.25, 0.3) is 0 Å². The van der Waals surface area contributed by atoms with E-state index in [1.54, 1.807) is 24.3 Å². The number of nitrogens with one attached hydrogen (secondary N) is 1. The van der Waals surface area contributed by atoms with Crippen molar-refractivity contribution in [2.45, 2.75) is 12.3 Å². The second-order valence-corrected chi connectivity index (χ2v) is 6.62. The zero-order valence-corrected chi connectivity index (χ0v) is 13.8. The van der Waals surface area contributed by atoms with Crippen molar-refractivity contribution in [3.05, 3.63) is 70.4 Å². The van der Waals surface area contributed by atoms with Gasteiger partial charge in [0.2, 0.25) is 5.91 Å². The number of amides is 1. The van der Waals surface area contributed by atoms with Crippen molar-refractivity contribution in [3.63, 3.8) is 0 Å². The van der Waals surface area contributed by atoms with E-state index in [-0.39, 0.29) is 17.6 Å². The molecule has 0 saturated carbocycles. The van der Waals surface area contributed by atoms with Crippen LogP contribution in [0.1, 0.15) is 28.3 Å². The van der Waals surface area contributed by atoms with Gasteiger partial charge >= 0.3 is 0 Å². The zero-order chi connectivity index (χ0) is 17.4. The number of aromatic nitrogens is 1. The molecule has 1 aromatic heterocycles. The van der Waals surface area contributed by atoms with Crippen LogP contribution in [0.5, 0.6) is 0 Å². The first kappa shape index (κ1) is 15.5. The number of fused-ring (bicyclic) bond motifs is 1. The Labute approximate surface area is 147 Å². The van der Waals surface area contributed by atoms with E-state index in [0.29, 0.717) is 23.4 Å². The number of rotatable bonds is 2. The molecule has 1 N–H and O–H groups in total. The minimum atomic E-state index is -0.313. The number of benzene rings is 2. The highest BCUT2D eigenvalue weighted by Crippen LogP contribution is 2.44. The second-order valence-electron chi connectivity index (χ2n) is 5.82. The van der Waals surface area contributed by atoms with Gasteiger partial charge in [-0.15, -0.1) is 0 Å². The van der Waals surface area contributed by atoms with Gasteiger partial charge in [-0.05, 0) is 53.5 Å². The van der Waals surface area contributed by atoms with Gasteiger partial charge in [-0.25, -0.2) is 4.39 Å². The number of anilines is 1. The van der Waals surface area contributed by atoms with Gasteiger partial charge in [0.1, 0.15) is 11.5 Å². The van der Waals surface area contributed by atoms with Crippen molar-refractivity contribution in [3.8, 4) is 17.3 Å². The molecule has 0 aliphatic carbocycles. The summed E-state index contributed by atoms with van der Waals surface area (Å²) < 4.78 is 17.7. The van der Waals surface area contributed by atoms with Crippen LogP contribution in [0.3, 0.4) is 0 Å². The van der Waals surface area contributed by atoms with Crippen molar-refractivity contribution < 1.29 is 9.18 Å². The van der Waals surface area contributed by atoms with E-state index in [0.717, 1.165) is 16.0 Å². The molecule has 0 radical (unpaired) electrons. The number of halogens is 1. The van der Waals surface area contributed by atoms with Gasteiger partial charge in [-0.3, -0.25) is 4.79 Å². The van der Waals surface area contributed by atoms with Gasteiger partial charge in [0, 0.05) is 17.9 Å². The van der Waals surface area contributed by atoms with E-state index in [1.165, 1.54) is 23.7 Å². The summed E-state index contributed by atoms with van der Waals surface area (Å²) in [5.74, 6) is -0.485. The molecular weight excluding hydrogens is 337 g/mol. The molecule has 122 valence electrons. The van der Waals surface area contributed by atoms with E-state index in [4.69, 9.17) is 5.26 Å². The van der Waals surface area contributed by atoms with Crippen molar-refractivity contribution in [2.24, 2.45) is 0 Å². The average Bonchev–Trinajstić information content (AvgIpc) is 3.05. The summed E-state index contributed by atoms with van der Waals surface area (Å²) in [6.07, 6.45) is 0.337. The first-order chi connectivity index (χ1) is 12.2. The molecule has 1 amide bonds. The third kappa shape index (κ3) is 2.79. The maximum absolute atomic E-state index is 13.2. The van der Waals surface area contributed by atoms with Crippen molar-refractivity contribution in [2.75, 3.05) is 5.32 Å². The normalized spacial score (nSPS) is 16.0. The maximum atomic E-state index is 13.2. The molecular formula is C19H12FN3OS. The molecule has 0 bridgehead atoms. The topological polar surface area (TPSA) is 65.8 Å². The molecule has 4 rings (SSSR count). The Hall–Kier alpha value is -3.04. The Bertz CT molecular complexity index is 987. The lowest BCUT2D eigenvalue weighted by atomic mass is 9.89. The van der Waals surface area contributed by atoms with Gasteiger partial charge < -0.3 is 5.32 Å². The lowest BCUT2D eigenvalue weighted by Crippen LogP contribution is -2.22. The molecule has 6 heteroatoms. The summed E-state index contributed by atoms with van der Waals surface area (Å²) in [5.41, 5.74) is 3.68. The molecule has 1 unspecified atom stereocenters. The van der Waals surface area contributed by atoms with Gasteiger partial charge in [-0.2, -0.15) is 9.64 Å². The molecule has 25 heavy (non-hydrogen) atoms. The van der Waals surface area contributed by atoms with Crippen LogP contribution in [-0.4, -0.2) is 10.3 Å². The van der Waals surface area contributed by atoms with E-state index in [9.17, 15) is 9.18 Å². The highest BCUT2D eigenvalue weighted by molar-refractivity contribution is 7.07. The summed E-state index contributed by atoms with van der Waals surface area (Å²) >= 11 is 1.34. The number of nitrogens with zero attached hydrogens (tertiary/aromatic N) is 2. The third-order valence-corrected chi connectivity index (χ3v) is 5.21. The molecule has 0 saturated heterocycles. The van der Waals surface area contributed by atoms with E-state index < -0.39 is 0 Å². The standard InChI is InChI=1S/C19H12FN3OS/c20-14-7-5-13(6-8-14)17-18-19(25-23-17)15(9-16(24)22-18)12-3-1-11(10-21)2-4-12/h1-8,15H,9H2,(H,22,24). The van der Waals surface area contributed by atoms with Gasteiger partial charge in [-0.1, -0.05) is 12.1 Å². The van der Waals surface area contributed by atoms with Crippen molar-refractivity contribution >= 4 is 23.1 Å². The zero-order valence-electron chi connectivity index (χ0n) is 13.0. The largest absolute Gasteiger partial charge is 0.323 e. The quantitative estimate of drug-likeness (QED) is 0.750. The number of carbonyl (C=O) groups excluding carboxylic acids is 1. The summed E-state index contributed by atoms with van der Waals surface area (Å²) in [6, 6.07) is 15.4. The minimum absolute atomic E-state index is 0.0783. The fourth-order valence-corrected chi connectivity index (χ4v) is 3.97. The smallest absolute Gasteiger partial charge is 0.225 e. The summed E-state index contributed by atoms with van der Waals surface area (Å²) in [6.45, 7) is 0. The summed E-state index contributed by atoms with van der Waals surface area (Å²) in [7, 11) is 0. The fourth-order valence-electron chi connectivity index (χ4n) is 2.99. The SMILES string of the molecule is N#Cc1ccc(C2CC(=O)Nc3c(-c4ccc(F)cc4)nsc32)cc1. The van der Waals surface area contributed by atoms with Crippen LogP contribution in [0.25, 0.3) is 11.3 Å². The first-order valence-electron chi connectivity index (χ1n) is 7.71. The highest BCUT2D eigenvalue weighted by atomic mass is 32.1. The predicted octanol–water partition coefficient (Wildman–Crippen LogP) is 4.29. The summed E-state index contributed by atoms with van der Waals surface area (Å²) in [5, 5.41) is 11.8. The molecule has 1 aliphatic heterocycles. The van der Waals surface area contributed by atoms with Crippen LogP contribution < -0.4 is 5.32 Å². The van der Waals surface area contributed by atoms with E-state index >= 15 is 0 Å². The highest BCUT2D eigenvalue weighted by Gasteiger charge is 2.31. The van der Waals surface area contributed by atoms with Crippen LogP contribution >= 0.6 is 11.5 Å². The number of carbonyl (C=O) groups is 1. The Kier molecular flexibility index (Phi) is 3.79. The van der Waals surface area contributed by atoms with Crippen molar-refractivity contribution in [1.82, 2.24) is 4.37 Å². The molecule has 1 atom stereocenters. The van der Waals surface area contributed by atoms with Gasteiger partial charge in [0.05, 0.1) is 22.2 Å². The van der Waals surface area contributed by atoms with E-state index in [1.807, 2.05) is 12.1 Å². The van der Waals surface area contributed by atoms with Crippen molar-refractivity contribution in [1.29, 1.82) is 5.26 Å². The van der Waals surface area contributed by atoms with Gasteiger partial charge in [0.15, 0.2) is 0 Å². The number of nitriles is 1. The van der Waals surface area contributed by atoms with Crippen LogP contribution in [0.4, 0.5) is 10.1 Å². The molecule has 0 spiro atoms. The van der Waals surface area contributed by atoms with Crippen LogP contribution in [0.2, 0.25) is 0 Å². The van der Waals surface area contributed by atoms with Crippen LogP contribution in [0, 0.1) is 17.1 Å². The molecule has 2 aromatic carbocycles. The fraction of sp³-hybridized carbons (Fsp3) is 0.105. The Morgan fingerprint density at radius 2 is 1.88 bits per heavy atom. The maximum Gasteiger partial charge on any atom is 0.225 e. The van der Waals surface area contributed by atoms with E-state index in [2.05, 4.69) is 15.8 Å². The third-order valence-electron chi connectivity index (χ3n) is 4.25. The van der Waals surface area contributed by atoms with Crippen LogP contribution in [-0.2, 0) is 4.79 Å². The molecule has 0 fully saturated rings. The molecule has 1 aliphatic rings. The molecule has 3 aromatic rings. The molecule has 4 nitrogen and oxygen atoms in total. The lowest BCUT2D eigenvalue weighted by molar-refractivity contribution is -0.116. The molecule has 2 heterocycles. The lowest BCUT2D eigenvalue weighted by Gasteiger charge is -2.23. The van der Waals surface area contributed by atoms with Crippen LogP contribution in [0.15, 0.2) is 48.5 Å². The predicted molar refractivity (Wildman–Crippen MR) is 93.8 cm³/mol. The number of hydrogen-bond donors (Lipinski definition) is 1. The summed E-state index contributed by atoms with van der Waals surface area (Å²) in [4.78, 5) is 13.2. The monoisotopic (exact) mass is 349 g/mol. The number of hydrogen-bond acceptors (Lipinski definition) is 4. The minimum Gasteiger partial charge on any atom is -0.323 e. The Morgan fingerprint density at radius 1 is 1.16 bits per heavy atom. The average molecular weight is 349 g/mol. The Balaban J connectivity index is 1.78. The first-order valence-corrected chi connectivity index (χ1v) is 8.48. The second kappa shape index (κ2) is 6.11.